The molecular formula is C19H18F3NO3S. The Bertz CT molecular complexity index is 919. The van der Waals surface area contributed by atoms with E-state index >= 15 is 0 Å². The lowest BCUT2D eigenvalue weighted by molar-refractivity contribution is -0.137. The van der Waals surface area contributed by atoms with Gasteiger partial charge in [-0.25, -0.2) is 8.42 Å². The number of halogens is 3. The van der Waals surface area contributed by atoms with Gasteiger partial charge in [-0.15, -0.1) is 0 Å². The van der Waals surface area contributed by atoms with Gasteiger partial charge in [-0.05, 0) is 31.0 Å². The maximum absolute atomic E-state index is 12.9. The van der Waals surface area contributed by atoms with E-state index in [-0.39, 0.29) is 29.7 Å². The Kier molecular flexibility index (Phi) is 5.39. The minimum Gasteiger partial charge on any atom is -0.294 e. The van der Waals surface area contributed by atoms with E-state index in [4.69, 9.17) is 0 Å². The number of nitrogens with zero attached hydrogens (tertiary/aromatic N) is 1. The van der Waals surface area contributed by atoms with Gasteiger partial charge < -0.3 is 0 Å². The summed E-state index contributed by atoms with van der Waals surface area (Å²) < 4.78 is 65.1. The predicted octanol–water partition coefficient (Wildman–Crippen LogP) is 3.99. The van der Waals surface area contributed by atoms with E-state index in [2.05, 4.69) is 0 Å². The van der Waals surface area contributed by atoms with Crippen molar-refractivity contribution in [3.05, 3.63) is 65.7 Å². The fourth-order valence-corrected chi connectivity index (χ4v) is 4.69. The van der Waals surface area contributed by atoms with Crippen molar-refractivity contribution in [2.75, 3.05) is 13.1 Å². The molecule has 0 saturated carbocycles. The molecular weight excluding hydrogens is 379 g/mol. The van der Waals surface area contributed by atoms with Gasteiger partial charge in [0.25, 0.3) is 0 Å². The van der Waals surface area contributed by atoms with Crippen molar-refractivity contribution in [1.82, 2.24) is 4.31 Å². The highest BCUT2D eigenvalue weighted by molar-refractivity contribution is 7.89. The summed E-state index contributed by atoms with van der Waals surface area (Å²) in [6.45, 7) is 0.198. The molecule has 2 aromatic carbocycles. The van der Waals surface area contributed by atoms with Crippen LogP contribution in [-0.2, 0) is 16.2 Å². The van der Waals surface area contributed by atoms with Crippen LogP contribution in [-0.4, -0.2) is 31.6 Å². The van der Waals surface area contributed by atoms with Crippen molar-refractivity contribution in [2.45, 2.75) is 23.9 Å². The van der Waals surface area contributed by atoms with Gasteiger partial charge in [0.05, 0.1) is 10.5 Å². The van der Waals surface area contributed by atoms with E-state index in [0.29, 0.717) is 24.5 Å². The molecule has 1 aliphatic rings. The molecule has 1 fully saturated rings. The lowest BCUT2D eigenvalue weighted by Gasteiger charge is -2.30. The molecule has 0 radical (unpaired) electrons. The molecule has 0 unspecified atom stereocenters. The van der Waals surface area contributed by atoms with Crippen molar-refractivity contribution in [1.29, 1.82) is 0 Å². The number of carbonyl (C=O) groups is 1. The van der Waals surface area contributed by atoms with Gasteiger partial charge in [0.2, 0.25) is 10.0 Å². The van der Waals surface area contributed by atoms with Gasteiger partial charge in [0.15, 0.2) is 5.78 Å². The van der Waals surface area contributed by atoms with Crippen LogP contribution < -0.4 is 0 Å². The van der Waals surface area contributed by atoms with E-state index < -0.39 is 21.8 Å². The molecule has 0 amide bonds. The highest BCUT2D eigenvalue weighted by Gasteiger charge is 2.35. The van der Waals surface area contributed by atoms with Crippen LogP contribution in [0.3, 0.4) is 0 Å². The van der Waals surface area contributed by atoms with E-state index in [1.54, 1.807) is 30.3 Å². The van der Waals surface area contributed by atoms with Gasteiger partial charge in [-0.1, -0.05) is 36.4 Å². The normalized spacial score (nSPS) is 17.0. The second-order valence-electron chi connectivity index (χ2n) is 6.43. The number of carbonyl (C=O) groups excluding carboxylic acids is 1. The first-order chi connectivity index (χ1) is 12.7. The zero-order valence-corrected chi connectivity index (χ0v) is 15.1. The molecule has 0 bridgehead atoms. The molecule has 0 spiro atoms. The number of hydrogen-bond donors (Lipinski definition) is 0. The summed E-state index contributed by atoms with van der Waals surface area (Å²) in [4.78, 5) is 12.1. The molecule has 4 nitrogen and oxygen atoms in total. The van der Waals surface area contributed by atoms with E-state index in [9.17, 15) is 26.4 Å². The van der Waals surface area contributed by atoms with Gasteiger partial charge in [-0.2, -0.15) is 17.5 Å². The summed E-state index contributed by atoms with van der Waals surface area (Å²) in [5.74, 6) is -0.327. The number of piperidine rings is 1. The number of ketones is 1. The third-order valence-corrected chi connectivity index (χ3v) is 6.58. The lowest BCUT2D eigenvalue weighted by atomic mass is 9.90. The Morgan fingerprint density at radius 1 is 0.963 bits per heavy atom. The Hall–Kier alpha value is -2.19. The predicted molar refractivity (Wildman–Crippen MR) is 93.7 cm³/mol. The Morgan fingerprint density at radius 3 is 2.19 bits per heavy atom. The number of benzene rings is 2. The maximum Gasteiger partial charge on any atom is 0.416 e. The van der Waals surface area contributed by atoms with Crippen molar-refractivity contribution < 1.29 is 26.4 Å². The Morgan fingerprint density at radius 2 is 1.59 bits per heavy atom. The Labute approximate surface area is 155 Å². The molecule has 27 heavy (non-hydrogen) atoms. The smallest absolute Gasteiger partial charge is 0.294 e. The molecule has 0 atom stereocenters. The van der Waals surface area contributed by atoms with E-state index in [1.807, 2.05) is 0 Å². The average Bonchev–Trinajstić information content (AvgIpc) is 2.67. The van der Waals surface area contributed by atoms with Crippen LogP contribution >= 0.6 is 0 Å². The van der Waals surface area contributed by atoms with Crippen molar-refractivity contribution >= 4 is 15.8 Å². The van der Waals surface area contributed by atoms with Crippen molar-refractivity contribution in [3.8, 4) is 0 Å². The first-order valence-corrected chi connectivity index (χ1v) is 9.90. The van der Waals surface area contributed by atoms with Gasteiger partial charge in [0.1, 0.15) is 0 Å². The number of hydrogen-bond acceptors (Lipinski definition) is 3. The number of Topliss-reactive ketones (excluding diaryl/α,β-unsaturated/α-hetero) is 1. The van der Waals surface area contributed by atoms with Crippen LogP contribution in [0.1, 0.15) is 28.8 Å². The van der Waals surface area contributed by atoms with E-state index in [0.717, 1.165) is 22.5 Å². The third kappa shape index (κ3) is 4.22. The third-order valence-electron chi connectivity index (χ3n) is 4.68. The molecule has 1 heterocycles. The van der Waals surface area contributed by atoms with Crippen molar-refractivity contribution in [2.24, 2.45) is 5.92 Å². The van der Waals surface area contributed by atoms with Gasteiger partial charge in [0, 0.05) is 24.6 Å². The fourth-order valence-electron chi connectivity index (χ4n) is 3.18. The lowest BCUT2D eigenvalue weighted by Crippen LogP contribution is -2.40. The maximum atomic E-state index is 12.9. The van der Waals surface area contributed by atoms with Crippen LogP contribution in [0, 0.1) is 5.92 Å². The average molecular weight is 397 g/mol. The van der Waals surface area contributed by atoms with E-state index in [1.165, 1.54) is 0 Å². The van der Waals surface area contributed by atoms with Crippen molar-refractivity contribution in [3.63, 3.8) is 0 Å². The first kappa shape index (κ1) is 19.6. The SMILES string of the molecule is O=C(c1ccccc1)C1CCN(S(=O)(=O)c2cccc(C(F)(F)F)c2)CC1. The highest BCUT2D eigenvalue weighted by Crippen LogP contribution is 2.32. The van der Waals surface area contributed by atoms with Crippen LogP contribution in [0.4, 0.5) is 13.2 Å². The van der Waals surface area contributed by atoms with Crippen LogP contribution in [0.2, 0.25) is 0 Å². The van der Waals surface area contributed by atoms with Crippen LogP contribution in [0.25, 0.3) is 0 Å². The summed E-state index contributed by atoms with van der Waals surface area (Å²) in [7, 11) is -4.04. The topological polar surface area (TPSA) is 54.5 Å². The fraction of sp³-hybridized carbons (Fsp3) is 0.316. The van der Waals surface area contributed by atoms with Crippen LogP contribution in [0.5, 0.6) is 0 Å². The van der Waals surface area contributed by atoms with Gasteiger partial charge >= 0.3 is 6.18 Å². The summed E-state index contributed by atoms with van der Waals surface area (Å²) in [6, 6.07) is 12.5. The molecule has 2 aromatic rings. The zero-order chi connectivity index (χ0) is 19.7. The number of rotatable bonds is 4. The Balaban J connectivity index is 1.73. The standard InChI is InChI=1S/C19H18F3NO3S/c20-19(21,22)16-7-4-8-17(13-16)27(25,26)23-11-9-15(10-12-23)18(24)14-5-2-1-3-6-14/h1-8,13,15H,9-12H2. The molecule has 8 heteroatoms. The molecule has 3 rings (SSSR count). The summed E-state index contributed by atoms with van der Waals surface area (Å²) in [5, 5.41) is 0. The minimum absolute atomic E-state index is 0.0354. The highest BCUT2D eigenvalue weighted by atomic mass is 32.2. The first-order valence-electron chi connectivity index (χ1n) is 8.46. The summed E-state index contributed by atoms with van der Waals surface area (Å²) >= 11 is 0. The van der Waals surface area contributed by atoms with Crippen LogP contribution in [0.15, 0.2) is 59.5 Å². The monoisotopic (exact) mass is 397 g/mol. The molecule has 1 saturated heterocycles. The molecule has 0 N–H and O–H groups in total. The molecule has 0 aliphatic carbocycles. The largest absolute Gasteiger partial charge is 0.416 e. The minimum atomic E-state index is -4.61. The molecule has 144 valence electrons. The second-order valence-corrected chi connectivity index (χ2v) is 8.37. The second kappa shape index (κ2) is 7.44. The summed E-state index contributed by atoms with van der Waals surface area (Å²) in [5.41, 5.74) is -0.422. The molecule has 1 aliphatic heterocycles. The quantitative estimate of drug-likeness (QED) is 0.733. The van der Waals surface area contributed by atoms with Gasteiger partial charge in [-0.3, -0.25) is 4.79 Å². The molecule has 0 aromatic heterocycles. The number of alkyl halides is 3. The zero-order valence-electron chi connectivity index (χ0n) is 14.3. The summed E-state index contributed by atoms with van der Waals surface area (Å²) in [6.07, 6.45) is -3.93. The number of sulfonamides is 1.